The third-order valence-corrected chi connectivity index (χ3v) is 5.51. The van der Waals surface area contributed by atoms with Gasteiger partial charge in [-0.05, 0) is 44.3 Å². The Bertz CT molecular complexity index is 400. The number of rotatable bonds is 4. The van der Waals surface area contributed by atoms with Gasteiger partial charge in [0.25, 0.3) is 0 Å². The summed E-state index contributed by atoms with van der Waals surface area (Å²) >= 11 is 1.88. The molecule has 1 N–H and O–H groups in total. The van der Waals surface area contributed by atoms with Crippen molar-refractivity contribution in [3.05, 3.63) is 16.1 Å². The van der Waals surface area contributed by atoms with Gasteiger partial charge in [-0.25, -0.2) is 4.98 Å². The summed E-state index contributed by atoms with van der Waals surface area (Å²) in [5, 5.41) is 4.78. The molecule has 0 radical (unpaired) electrons. The van der Waals surface area contributed by atoms with E-state index in [4.69, 9.17) is 0 Å². The van der Waals surface area contributed by atoms with E-state index in [0.717, 1.165) is 25.7 Å². The molecule has 1 aromatic rings. The minimum atomic E-state index is 0.221. The Hall–Kier alpha value is -0.450. The predicted molar refractivity (Wildman–Crippen MR) is 87.4 cm³/mol. The third-order valence-electron chi connectivity index (χ3n) is 4.10. The fourth-order valence-corrected chi connectivity index (χ4v) is 3.77. The fourth-order valence-electron chi connectivity index (χ4n) is 2.77. The van der Waals surface area contributed by atoms with Crippen molar-refractivity contribution >= 4 is 11.3 Å². The van der Waals surface area contributed by atoms with Crippen LogP contribution < -0.4 is 5.32 Å². The fraction of sp³-hybridized carbons (Fsp3) is 0.812. The molecule has 0 aliphatic carbocycles. The summed E-state index contributed by atoms with van der Waals surface area (Å²) in [5.41, 5.74) is 0.221. The van der Waals surface area contributed by atoms with Crippen LogP contribution in [-0.2, 0) is 12.0 Å². The zero-order valence-electron chi connectivity index (χ0n) is 13.4. The highest BCUT2D eigenvalue weighted by molar-refractivity contribution is 7.11. The lowest BCUT2D eigenvalue weighted by Crippen LogP contribution is -2.35. The highest BCUT2D eigenvalue weighted by Crippen LogP contribution is 2.28. The van der Waals surface area contributed by atoms with Gasteiger partial charge in [0.05, 0.1) is 6.54 Å². The van der Waals surface area contributed by atoms with Gasteiger partial charge in [0.2, 0.25) is 0 Å². The van der Waals surface area contributed by atoms with Crippen LogP contribution >= 0.6 is 11.3 Å². The van der Waals surface area contributed by atoms with Gasteiger partial charge in [0, 0.05) is 17.1 Å². The third kappa shape index (κ3) is 4.27. The van der Waals surface area contributed by atoms with E-state index in [-0.39, 0.29) is 5.41 Å². The maximum atomic E-state index is 4.65. The highest BCUT2D eigenvalue weighted by atomic mass is 32.1. The number of nitrogens with one attached hydrogen (secondary N) is 1. The van der Waals surface area contributed by atoms with Gasteiger partial charge in [-0.3, -0.25) is 4.90 Å². The quantitative estimate of drug-likeness (QED) is 0.922. The van der Waals surface area contributed by atoms with Crippen LogP contribution in [0.1, 0.15) is 56.8 Å². The van der Waals surface area contributed by atoms with Crippen molar-refractivity contribution in [2.75, 3.05) is 19.6 Å². The van der Waals surface area contributed by atoms with Crippen molar-refractivity contribution in [1.29, 1.82) is 0 Å². The molecule has 1 atom stereocenters. The molecule has 0 aromatic carbocycles. The second-order valence-electron chi connectivity index (χ2n) is 6.77. The topological polar surface area (TPSA) is 28.2 Å². The van der Waals surface area contributed by atoms with Crippen LogP contribution in [-0.4, -0.2) is 35.6 Å². The first-order valence-corrected chi connectivity index (χ1v) is 8.72. The second-order valence-corrected chi connectivity index (χ2v) is 7.88. The van der Waals surface area contributed by atoms with Gasteiger partial charge >= 0.3 is 0 Å². The Morgan fingerprint density at radius 1 is 1.35 bits per heavy atom. The molecule has 0 spiro atoms. The highest BCUT2D eigenvalue weighted by Gasteiger charge is 2.21. The van der Waals surface area contributed by atoms with E-state index in [1.807, 2.05) is 11.3 Å². The van der Waals surface area contributed by atoms with Gasteiger partial charge in [0.1, 0.15) is 5.01 Å². The summed E-state index contributed by atoms with van der Waals surface area (Å²) in [4.78, 5) is 8.65. The average Bonchev–Trinajstić information content (AvgIpc) is 2.71. The first-order chi connectivity index (χ1) is 9.50. The summed E-state index contributed by atoms with van der Waals surface area (Å²) in [6, 6.07) is 0.719. The molecule has 1 fully saturated rings. The summed E-state index contributed by atoms with van der Waals surface area (Å²) in [6.45, 7) is 13.5. The van der Waals surface area contributed by atoms with Gasteiger partial charge in [-0.2, -0.15) is 0 Å². The molecule has 3 nitrogen and oxygen atoms in total. The Morgan fingerprint density at radius 2 is 2.15 bits per heavy atom. The normalized spacial score (nSPS) is 21.1. The molecule has 0 saturated carbocycles. The van der Waals surface area contributed by atoms with Crippen LogP contribution in [0, 0.1) is 0 Å². The first-order valence-electron chi connectivity index (χ1n) is 7.90. The van der Waals surface area contributed by atoms with E-state index in [1.165, 1.54) is 35.7 Å². The number of hydrogen-bond acceptors (Lipinski definition) is 4. The lowest BCUT2D eigenvalue weighted by Gasteiger charge is -2.29. The maximum Gasteiger partial charge on any atom is 0.107 e. The smallest absolute Gasteiger partial charge is 0.107 e. The molecule has 0 bridgehead atoms. The van der Waals surface area contributed by atoms with E-state index in [0.29, 0.717) is 0 Å². The number of aromatic nitrogens is 1. The molecule has 1 aliphatic heterocycles. The van der Waals surface area contributed by atoms with Gasteiger partial charge in [0.15, 0.2) is 0 Å². The molecule has 0 amide bonds. The Kier molecular flexibility index (Phi) is 5.58. The van der Waals surface area contributed by atoms with Crippen LogP contribution in [0.15, 0.2) is 6.20 Å². The van der Waals surface area contributed by atoms with Crippen molar-refractivity contribution in [3.63, 3.8) is 0 Å². The van der Waals surface area contributed by atoms with E-state index in [1.54, 1.807) is 0 Å². The Morgan fingerprint density at radius 3 is 2.80 bits per heavy atom. The van der Waals surface area contributed by atoms with Crippen LogP contribution in [0.4, 0.5) is 0 Å². The molecule has 114 valence electrons. The van der Waals surface area contributed by atoms with Crippen LogP contribution in [0.25, 0.3) is 0 Å². The van der Waals surface area contributed by atoms with E-state index >= 15 is 0 Å². The zero-order chi connectivity index (χ0) is 14.6. The lowest BCUT2D eigenvalue weighted by molar-refractivity contribution is 0.182. The van der Waals surface area contributed by atoms with Crippen molar-refractivity contribution in [2.45, 2.75) is 65.0 Å². The molecule has 1 saturated heterocycles. The van der Waals surface area contributed by atoms with E-state index in [9.17, 15) is 0 Å². The summed E-state index contributed by atoms with van der Waals surface area (Å²) in [5.74, 6) is 0. The van der Waals surface area contributed by atoms with Crippen LogP contribution in [0.2, 0.25) is 0 Å². The molecule has 4 heteroatoms. The Labute approximate surface area is 127 Å². The van der Waals surface area contributed by atoms with Gasteiger partial charge in [-0.15, -0.1) is 11.3 Å². The SMILES string of the molecule is CCN(Cc1ncc(C(C)(C)C)s1)C1CCCNCC1. The molecular weight excluding hydrogens is 266 g/mol. The van der Waals surface area contributed by atoms with Gasteiger partial charge in [-0.1, -0.05) is 27.7 Å². The largest absolute Gasteiger partial charge is 0.317 e. The van der Waals surface area contributed by atoms with E-state index in [2.05, 4.69) is 49.1 Å². The summed E-state index contributed by atoms with van der Waals surface area (Å²) < 4.78 is 0. The van der Waals surface area contributed by atoms with Crippen LogP contribution in [0.3, 0.4) is 0 Å². The lowest BCUT2D eigenvalue weighted by atomic mass is 9.96. The van der Waals surface area contributed by atoms with Crippen molar-refractivity contribution in [2.24, 2.45) is 0 Å². The first kappa shape index (κ1) is 15.9. The summed E-state index contributed by atoms with van der Waals surface area (Å²) in [7, 11) is 0. The molecular formula is C16H29N3S. The van der Waals surface area contributed by atoms with Crippen molar-refractivity contribution < 1.29 is 0 Å². The predicted octanol–water partition coefficient (Wildman–Crippen LogP) is 3.40. The standard InChI is InChI=1S/C16H29N3S/c1-5-19(13-7-6-9-17-10-8-13)12-15-18-11-14(20-15)16(2,3)4/h11,13,17H,5-10,12H2,1-4H3. The molecule has 1 unspecified atom stereocenters. The summed E-state index contributed by atoms with van der Waals surface area (Å²) in [6.07, 6.45) is 5.96. The molecule has 2 heterocycles. The molecule has 1 aromatic heterocycles. The number of thiazole rings is 1. The van der Waals surface area contributed by atoms with Crippen molar-refractivity contribution in [3.8, 4) is 0 Å². The maximum absolute atomic E-state index is 4.65. The second kappa shape index (κ2) is 7.01. The number of nitrogens with zero attached hydrogens (tertiary/aromatic N) is 2. The number of hydrogen-bond donors (Lipinski definition) is 1. The minimum absolute atomic E-state index is 0.221. The Balaban J connectivity index is 2.00. The zero-order valence-corrected chi connectivity index (χ0v) is 14.2. The average molecular weight is 295 g/mol. The monoisotopic (exact) mass is 295 g/mol. The molecule has 2 rings (SSSR count). The van der Waals surface area contributed by atoms with Crippen molar-refractivity contribution in [1.82, 2.24) is 15.2 Å². The molecule has 20 heavy (non-hydrogen) atoms. The van der Waals surface area contributed by atoms with Crippen LogP contribution in [0.5, 0.6) is 0 Å². The minimum Gasteiger partial charge on any atom is -0.317 e. The van der Waals surface area contributed by atoms with Gasteiger partial charge < -0.3 is 5.32 Å². The molecule has 1 aliphatic rings. The van der Waals surface area contributed by atoms with E-state index < -0.39 is 0 Å².